The summed E-state index contributed by atoms with van der Waals surface area (Å²) in [5, 5.41) is 0.292. The molecule has 1 aromatic heterocycles. The fourth-order valence-corrected chi connectivity index (χ4v) is 4.04. The zero-order valence-electron chi connectivity index (χ0n) is 20.2. The van der Waals surface area contributed by atoms with Gasteiger partial charge in [-0.2, -0.15) is 0 Å². The predicted octanol–water partition coefficient (Wildman–Crippen LogP) is 6.28. The van der Waals surface area contributed by atoms with Crippen LogP contribution < -0.4 is 24.4 Å². The number of ether oxygens (including phenoxy) is 4. The monoisotopic (exact) mass is 460 g/mol. The Morgan fingerprint density at radius 3 is 1.88 bits per heavy atom. The van der Waals surface area contributed by atoms with Crippen molar-refractivity contribution in [2.75, 3.05) is 28.4 Å². The summed E-state index contributed by atoms with van der Waals surface area (Å²) >= 11 is 0. The van der Waals surface area contributed by atoms with E-state index in [4.69, 9.17) is 23.4 Å². The summed E-state index contributed by atoms with van der Waals surface area (Å²) in [5.74, 6) is 2.39. The lowest BCUT2D eigenvalue weighted by molar-refractivity contribution is 0.389. The molecule has 0 saturated carbocycles. The Labute approximate surface area is 198 Å². The normalized spacial score (nSPS) is 11.0. The van der Waals surface area contributed by atoms with Gasteiger partial charge in [0.1, 0.15) is 22.6 Å². The van der Waals surface area contributed by atoms with Crippen molar-refractivity contribution in [2.24, 2.45) is 0 Å². The number of fused-ring (bicyclic) bond motifs is 1. The van der Waals surface area contributed by atoms with Crippen LogP contribution in [0.15, 0.2) is 63.8 Å². The van der Waals surface area contributed by atoms with Gasteiger partial charge in [-0.3, -0.25) is 4.79 Å². The maximum atomic E-state index is 13.7. The number of benzene rings is 3. The van der Waals surface area contributed by atoms with Crippen molar-refractivity contribution in [3.05, 3.63) is 70.4 Å². The molecule has 0 spiro atoms. The van der Waals surface area contributed by atoms with Gasteiger partial charge in [-0.25, -0.2) is 0 Å². The minimum Gasteiger partial charge on any atom is -0.497 e. The van der Waals surface area contributed by atoms with E-state index in [9.17, 15) is 4.79 Å². The molecule has 0 aliphatic carbocycles. The summed E-state index contributed by atoms with van der Waals surface area (Å²) in [7, 11) is 6.14. The molecular weight excluding hydrogens is 432 g/mol. The lowest BCUT2D eigenvalue weighted by atomic mass is 9.96. The average Bonchev–Trinajstić information content (AvgIpc) is 2.87. The van der Waals surface area contributed by atoms with Gasteiger partial charge in [-0.15, -0.1) is 0 Å². The first-order valence-corrected chi connectivity index (χ1v) is 11.0. The van der Waals surface area contributed by atoms with Crippen LogP contribution in [0.2, 0.25) is 0 Å². The molecule has 0 atom stereocenters. The first kappa shape index (κ1) is 23.2. The predicted molar refractivity (Wildman–Crippen MR) is 134 cm³/mol. The number of hydrogen-bond donors (Lipinski definition) is 0. The average molecular weight is 461 g/mol. The van der Waals surface area contributed by atoms with Gasteiger partial charge in [-0.1, -0.05) is 38.1 Å². The van der Waals surface area contributed by atoms with Crippen molar-refractivity contribution >= 4 is 11.0 Å². The van der Waals surface area contributed by atoms with Gasteiger partial charge in [0.2, 0.25) is 11.2 Å². The minimum absolute atomic E-state index is 0.0993. The molecule has 0 fully saturated rings. The molecule has 1 heterocycles. The van der Waals surface area contributed by atoms with Crippen LogP contribution in [-0.2, 0) is 0 Å². The molecule has 6 nitrogen and oxygen atoms in total. The van der Waals surface area contributed by atoms with Crippen molar-refractivity contribution in [2.45, 2.75) is 19.8 Å². The molecule has 0 bridgehead atoms. The second-order valence-electron chi connectivity index (χ2n) is 8.16. The van der Waals surface area contributed by atoms with Gasteiger partial charge in [0, 0.05) is 11.6 Å². The van der Waals surface area contributed by atoms with E-state index in [2.05, 4.69) is 26.0 Å². The number of methoxy groups -OCH3 is 4. The van der Waals surface area contributed by atoms with Gasteiger partial charge in [0.25, 0.3) is 0 Å². The van der Waals surface area contributed by atoms with E-state index in [1.165, 1.54) is 19.8 Å². The molecule has 0 unspecified atom stereocenters. The van der Waals surface area contributed by atoms with Crippen LogP contribution in [0.5, 0.6) is 23.0 Å². The Morgan fingerprint density at radius 1 is 0.735 bits per heavy atom. The molecule has 0 radical (unpaired) electrons. The van der Waals surface area contributed by atoms with E-state index >= 15 is 0 Å². The number of rotatable bonds is 7. The molecule has 4 aromatic rings. The summed E-state index contributed by atoms with van der Waals surface area (Å²) in [6, 6.07) is 17.1. The molecule has 4 rings (SSSR count). The van der Waals surface area contributed by atoms with Gasteiger partial charge in [-0.05, 0) is 41.3 Å². The minimum atomic E-state index is -0.325. The second kappa shape index (κ2) is 9.51. The molecule has 176 valence electrons. The van der Waals surface area contributed by atoms with Crippen LogP contribution in [0, 0.1) is 0 Å². The molecule has 0 aliphatic rings. The van der Waals surface area contributed by atoms with Crippen LogP contribution >= 0.6 is 0 Å². The summed E-state index contributed by atoms with van der Waals surface area (Å²) < 4.78 is 28.5. The van der Waals surface area contributed by atoms with Gasteiger partial charge in [0.15, 0.2) is 11.3 Å². The third-order valence-electron chi connectivity index (χ3n) is 5.91. The van der Waals surface area contributed by atoms with E-state index in [1.807, 2.05) is 24.3 Å². The molecule has 0 aliphatic heterocycles. The fraction of sp³-hybridized carbons (Fsp3) is 0.250. The summed E-state index contributed by atoms with van der Waals surface area (Å²) in [6.45, 7) is 4.29. The second-order valence-corrected chi connectivity index (χ2v) is 8.16. The molecule has 3 aromatic carbocycles. The maximum absolute atomic E-state index is 13.7. The third kappa shape index (κ3) is 3.96. The SMILES string of the molecule is COc1ccc(-c2oc3c(-c4ccc(C(C)C)cc4)c(OC)cc(OC)c3c(=O)c2OC)cc1. The standard InChI is InChI=1S/C28H28O6/c1-16(2)17-7-9-18(10-8-17)23-21(31-4)15-22(32-5)24-25(29)28(33-6)26(34-27(23)24)19-11-13-20(30-3)14-12-19/h7-16H,1-6H3. The van der Waals surface area contributed by atoms with E-state index in [1.54, 1.807) is 32.4 Å². The Kier molecular flexibility index (Phi) is 6.50. The topological polar surface area (TPSA) is 67.1 Å². The lowest BCUT2D eigenvalue weighted by Gasteiger charge is -2.17. The van der Waals surface area contributed by atoms with E-state index in [0.717, 1.165) is 5.56 Å². The Bertz CT molecular complexity index is 1370. The number of hydrogen-bond acceptors (Lipinski definition) is 6. The van der Waals surface area contributed by atoms with Crippen molar-refractivity contribution in [1.29, 1.82) is 0 Å². The highest BCUT2D eigenvalue weighted by atomic mass is 16.5. The van der Waals surface area contributed by atoms with Crippen LogP contribution in [0.1, 0.15) is 25.3 Å². The fourth-order valence-electron chi connectivity index (χ4n) is 4.04. The first-order chi connectivity index (χ1) is 16.4. The van der Waals surface area contributed by atoms with Crippen molar-refractivity contribution in [3.8, 4) is 45.4 Å². The van der Waals surface area contributed by atoms with Crippen LogP contribution in [0.4, 0.5) is 0 Å². The van der Waals surface area contributed by atoms with E-state index < -0.39 is 0 Å². The lowest BCUT2D eigenvalue weighted by Crippen LogP contribution is -2.10. The van der Waals surface area contributed by atoms with Crippen LogP contribution in [-0.4, -0.2) is 28.4 Å². The van der Waals surface area contributed by atoms with Gasteiger partial charge < -0.3 is 23.4 Å². The molecule has 0 amide bonds. The summed E-state index contributed by atoms with van der Waals surface area (Å²) in [5.41, 5.74) is 3.47. The van der Waals surface area contributed by atoms with Gasteiger partial charge >= 0.3 is 0 Å². The van der Waals surface area contributed by atoms with Crippen LogP contribution in [0.3, 0.4) is 0 Å². The molecule has 0 saturated heterocycles. The van der Waals surface area contributed by atoms with Crippen molar-refractivity contribution in [1.82, 2.24) is 0 Å². The van der Waals surface area contributed by atoms with E-state index in [-0.39, 0.29) is 11.2 Å². The highest BCUT2D eigenvalue weighted by Gasteiger charge is 2.25. The first-order valence-electron chi connectivity index (χ1n) is 11.0. The Balaban J connectivity index is 2.10. The zero-order chi connectivity index (χ0) is 24.4. The van der Waals surface area contributed by atoms with Crippen molar-refractivity contribution in [3.63, 3.8) is 0 Å². The van der Waals surface area contributed by atoms with Crippen molar-refractivity contribution < 1.29 is 23.4 Å². The largest absolute Gasteiger partial charge is 0.497 e. The highest BCUT2D eigenvalue weighted by Crippen LogP contribution is 2.44. The van der Waals surface area contributed by atoms with E-state index in [0.29, 0.717) is 51.0 Å². The zero-order valence-corrected chi connectivity index (χ0v) is 20.2. The molecular formula is C28H28O6. The smallest absolute Gasteiger partial charge is 0.239 e. The highest BCUT2D eigenvalue weighted by molar-refractivity contribution is 6.00. The van der Waals surface area contributed by atoms with Crippen LogP contribution in [0.25, 0.3) is 33.4 Å². The van der Waals surface area contributed by atoms with Gasteiger partial charge in [0.05, 0.1) is 34.0 Å². The molecule has 34 heavy (non-hydrogen) atoms. The third-order valence-corrected chi connectivity index (χ3v) is 5.91. The molecule has 6 heteroatoms. The molecule has 0 N–H and O–H groups in total. The quantitative estimate of drug-likeness (QED) is 0.323. The Hall–Kier alpha value is -3.93. The summed E-state index contributed by atoms with van der Waals surface area (Å²) in [6.07, 6.45) is 0. The Morgan fingerprint density at radius 2 is 1.35 bits per heavy atom. The maximum Gasteiger partial charge on any atom is 0.239 e. The summed E-state index contributed by atoms with van der Waals surface area (Å²) in [4.78, 5) is 13.7.